The highest BCUT2D eigenvalue weighted by molar-refractivity contribution is 7.46. The third-order valence-corrected chi connectivity index (χ3v) is 2.64. The molecule has 0 atom stereocenters. The number of hydrogen-bond donors (Lipinski definition) is 4. The summed E-state index contributed by atoms with van der Waals surface area (Å²) in [6.07, 6.45) is 0. The topological polar surface area (TPSA) is 116 Å². The zero-order valence-corrected chi connectivity index (χ0v) is 10.9. The number of aromatic hydroxyl groups is 2. The number of phosphoric acid groups is 1. The van der Waals surface area contributed by atoms with Gasteiger partial charge in [-0.3, -0.25) is 9.79 Å². The van der Waals surface area contributed by atoms with Crippen molar-refractivity contribution in [2.75, 3.05) is 0 Å². The standard InChI is InChI=1S/C12H11O7P/c13-8-1-4-10(5-2-8)18-12-7-9(14)3-6-11(12)19-20(15,16)17/h1-7,13-14H,(H2,15,16,17). The second kappa shape index (κ2) is 5.42. The van der Waals surface area contributed by atoms with Gasteiger partial charge in [-0.05, 0) is 36.4 Å². The molecule has 2 rings (SSSR count). The summed E-state index contributed by atoms with van der Waals surface area (Å²) in [4.78, 5) is 17.6. The Morgan fingerprint density at radius 3 is 2.05 bits per heavy atom. The van der Waals surface area contributed by atoms with Crippen LogP contribution in [0.1, 0.15) is 0 Å². The smallest absolute Gasteiger partial charge is 0.508 e. The Bertz CT molecular complexity index is 647. The summed E-state index contributed by atoms with van der Waals surface area (Å²) in [7, 11) is -4.74. The van der Waals surface area contributed by atoms with Gasteiger partial charge in [0.15, 0.2) is 11.5 Å². The maximum absolute atomic E-state index is 10.9. The molecule has 7 nitrogen and oxygen atoms in total. The van der Waals surface area contributed by atoms with Crippen LogP contribution < -0.4 is 9.26 Å². The van der Waals surface area contributed by atoms with Crippen molar-refractivity contribution >= 4 is 7.82 Å². The summed E-state index contributed by atoms with van der Waals surface area (Å²) in [5.74, 6) is -0.107. The molecule has 0 aliphatic heterocycles. The molecule has 2 aromatic rings. The lowest BCUT2D eigenvalue weighted by Crippen LogP contribution is -1.93. The minimum absolute atomic E-state index is 0.0416. The molecule has 4 N–H and O–H groups in total. The van der Waals surface area contributed by atoms with Crippen LogP contribution in [0.2, 0.25) is 0 Å². The van der Waals surface area contributed by atoms with E-state index < -0.39 is 7.82 Å². The minimum Gasteiger partial charge on any atom is -0.508 e. The number of rotatable bonds is 4. The predicted octanol–water partition coefficient (Wildman–Crippen LogP) is 2.36. The van der Waals surface area contributed by atoms with Crippen LogP contribution in [0.25, 0.3) is 0 Å². The molecule has 20 heavy (non-hydrogen) atoms. The van der Waals surface area contributed by atoms with E-state index >= 15 is 0 Å². The van der Waals surface area contributed by atoms with Gasteiger partial charge in [0.2, 0.25) is 0 Å². The van der Waals surface area contributed by atoms with E-state index in [1.807, 2.05) is 0 Å². The van der Waals surface area contributed by atoms with E-state index in [1.54, 1.807) is 0 Å². The van der Waals surface area contributed by atoms with Gasteiger partial charge in [-0.2, -0.15) is 0 Å². The Morgan fingerprint density at radius 1 is 0.850 bits per heavy atom. The lowest BCUT2D eigenvalue weighted by molar-refractivity contribution is 0.278. The van der Waals surface area contributed by atoms with E-state index in [1.165, 1.54) is 36.4 Å². The van der Waals surface area contributed by atoms with Gasteiger partial charge in [0.25, 0.3) is 0 Å². The molecule has 0 saturated carbocycles. The molecule has 0 fully saturated rings. The molecule has 0 saturated heterocycles. The number of ether oxygens (including phenoxy) is 1. The van der Waals surface area contributed by atoms with Crippen molar-refractivity contribution in [1.29, 1.82) is 0 Å². The highest BCUT2D eigenvalue weighted by Gasteiger charge is 2.19. The van der Waals surface area contributed by atoms with Crippen LogP contribution in [-0.2, 0) is 4.57 Å². The maximum Gasteiger partial charge on any atom is 0.524 e. The monoisotopic (exact) mass is 298 g/mol. The molecular formula is C12H11O7P. The van der Waals surface area contributed by atoms with Crippen molar-refractivity contribution in [3.05, 3.63) is 42.5 Å². The lowest BCUT2D eigenvalue weighted by atomic mass is 10.3. The van der Waals surface area contributed by atoms with Gasteiger partial charge in [-0.1, -0.05) is 0 Å². The normalized spacial score (nSPS) is 11.1. The number of phenolic OH excluding ortho intramolecular Hbond substituents is 2. The Kier molecular flexibility index (Phi) is 3.85. The molecule has 0 radical (unpaired) electrons. The average Bonchev–Trinajstić information content (AvgIpc) is 2.34. The fraction of sp³-hybridized carbons (Fsp3) is 0. The summed E-state index contributed by atoms with van der Waals surface area (Å²) >= 11 is 0. The van der Waals surface area contributed by atoms with Gasteiger partial charge in [0, 0.05) is 6.07 Å². The van der Waals surface area contributed by atoms with Crippen molar-refractivity contribution in [2.24, 2.45) is 0 Å². The first kappa shape index (κ1) is 14.2. The van der Waals surface area contributed by atoms with Crippen molar-refractivity contribution in [2.45, 2.75) is 0 Å². The SMILES string of the molecule is O=P(O)(O)Oc1ccc(O)cc1Oc1ccc(O)cc1. The van der Waals surface area contributed by atoms with Crippen LogP contribution in [0.5, 0.6) is 28.7 Å². The molecule has 0 aliphatic rings. The van der Waals surface area contributed by atoms with E-state index in [9.17, 15) is 9.67 Å². The first-order valence-electron chi connectivity index (χ1n) is 5.38. The minimum atomic E-state index is -4.74. The highest BCUT2D eigenvalue weighted by Crippen LogP contribution is 2.44. The summed E-state index contributed by atoms with van der Waals surface area (Å²) in [5, 5.41) is 18.5. The Labute approximate surface area is 113 Å². The molecule has 0 unspecified atom stereocenters. The fourth-order valence-corrected chi connectivity index (χ4v) is 1.83. The molecule has 8 heteroatoms. The van der Waals surface area contributed by atoms with Crippen LogP contribution in [0, 0.1) is 0 Å². The van der Waals surface area contributed by atoms with Gasteiger partial charge >= 0.3 is 7.82 Å². The van der Waals surface area contributed by atoms with Crippen molar-refractivity contribution in [1.82, 2.24) is 0 Å². The molecule has 0 heterocycles. The molecular weight excluding hydrogens is 287 g/mol. The van der Waals surface area contributed by atoms with Crippen molar-refractivity contribution in [3.8, 4) is 28.7 Å². The molecule has 0 aliphatic carbocycles. The number of hydrogen-bond acceptors (Lipinski definition) is 5. The number of benzene rings is 2. The van der Waals surface area contributed by atoms with Gasteiger partial charge < -0.3 is 19.5 Å². The Hall–Kier alpha value is -2.21. The third kappa shape index (κ3) is 3.89. The third-order valence-electron chi connectivity index (χ3n) is 2.21. The van der Waals surface area contributed by atoms with Gasteiger partial charge in [0.05, 0.1) is 0 Å². The first-order chi connectivity index (χ1) is 9.33. The summed E-state index contributed by atoms with van der Waals surface area (Å²) in [5.41, 5.74) is 0. The number of phosphoric ester groups is 1. The van der Waals surface area contributed by atoms with Crippen LogP contribution in [0.15, 0.2) is 42.5 Å². The van der Waals surface area contributed by atoms with Gasteiger partial charge in [-0.15, -0.1) is 0 Å². The zero-order chi connectivity index (χ0) is 14.8. The van der Waals surface area contributed by atoms with Crippen molar-refractivity contribution in [3.63, 3.8) is 0 Å². The van der Waals surface area contributed by atoms with E-state index in [4.69, 9.17) is 19.6 Å². The van der Waals surface area contributed by atoms with Crippen LogP contribution in [-0.4, -0.2) is 20.0 Å². The van der Waals surface area contributed by atoms with Crippen LogP contribution in [0.4, 0.5) is 0 Å². The van der Waals surface area contributed by atoms with Crippen LogP contribution in [0.3, 0.4) is 0 Å². The molecule has 0 amide bonds. The summed E-state index contributed by atoms with van der Waals surface area (Å²) in [6, 6.07) is 9.17. The zero-order valence-electron chi connectivity index (χ0n) is 10.0. The second-order valence-electron chi connectivity index (χ2n) is 3.81. The quantitative estimate of drug-likeness (QED) is 0.640. The Morgan fingerprint density at radius 2 is 1.45 bits per heavy atom. The first-order valence-corrected chi connectivity index (χ1v) is 6.91. The fourth-order valence-electron chi connectivity index (χ4n) is 1.42. The highest BCUT2D eigenvalue weighted by atomic mass is 31.2. The van der Waals surface area contributed by atoms with E-state index in [0.29, 0.717) is 5.75 Å². The van der Waals surface area contributed by atoms with E-state index in [0.717, 1.165) is 6.07 Å². The predicted molar refractivity (Wildman–Crippen MR) is 69.0 cm³/mol. The average molecular weight is 298 g/mol. The second-order valence-corrected chi connectivity index (χ2v) is 4.97. The lowest BCUT2D eigenvalue weighted by Gasteiger charge is -2.13. The molecule has 0 spiro atoms. The number of phenols is 2. The largest absolute Gasteiger partial charge is 0.524 e. The molecule has 0 bridgehead atoms. The van der Waals surface area contributed by atoms with Gasteiger partial charge in [-0.25, -0.2) is 4.57 Å². The van der Waals surface area contributed by atoms with Crippen molar-refractivity contribution < 1.29 is 33.8 Å². The molecule has 0 aromatic heterocycles. The molecule has 106 valence electrons. The van der Waals surface area contributed by atoms with Gasteiger partial charge in [0.1, 0.15) is 17.2 Å². The van der Waals surface area contributed by atoms with E-state index in [2.05, 4.69) is 4.52 Å². The van der Waals surface area contributed by atoms with Crippen LogP contribution >= 0.6 is 7.82 Å². The molecule has 2 aromatic carbocycles. The Balaban J connectivity index is 2.32. The summed E-state index contributed by atoms with van der Waals surface area (Å²) < 4.78 is 20.7. The maximum atomic E-state index is 10.9. The van der Waals surface area contributed by atoms with E-state index in [-0.39, 0.29) is 23.0 Å². The summed E-state index contributed by atoms with van der Waals surface area (Å²) in [6.45, 7) is 0.